The van der Waals surface area contributed by atoms with Crippen LogP contribution in [0, 0.1) is 0 Å². The average Bonchev–Trinajstić information content (AvgIpc) is 2.75. The molecule has 29 heavy (non-hydrogen) atoms. The monoisotopic (exact) mass is 388 g/mol. The van der Waals surface area contributed by atoms with E-state index in [9.17, 15) is 0 Å². The summed E-state index contributed by atoms with van der Waals surface area (Å²) in [5.41, 5.74) is 15.5. The van der Waals surface area contributed by atoms with Crippen LogP contribution in [-0.4, -0.2) is 25.7 Å². The Morgan fingerprint density at radius 1 is 0.966 bits per heavy atom. The standard InChI is InChI=1S/C25H32N4/c1-15-20-6-4-5-7-21(20)16(2)24-23(15)22(14-17(12-13-26)25(24)27)29-19-10-8-18(28-3)9-11-19/h4-7,14,18-19,28-29H,1-2,8-13,26-27H2,3H3. The van der Waals surface area contributed by atoms with Crippen molar-refractivity contribution in [1.82, 2.24) is 5.32 Å². The Morgan fingerprint density at radius 3 is 2.14 bits per heavy atom. The SMILES string of the molecule is C=c1c2ccccc2c(=C)c2c(N)c(CCN)cc(NC3CCC(NC)CC3)c12. The predicted octanol–water partition coefficient (Wildman–Crippen LogP) is 2.84. The van der Waals surface area contributed by atoms with Crippen LogP contribution in [0.1, 0.15) is 31.2 Å². The minimum atomic E-state index is 0.455. The molecule has 1 aliphatic rings. The van der Waals surface area contributed by atoms with Gasteiger partial charge in [-0.1, -0.05) is 37.4 Å². The molecule has 3 aromatic carbocycles. The molecule has 6 N–H and O–H groups in total. The number of hydrogen-bond acceptors (Lipinski definition) is 4. The summed E-state index contributed by atoms with van der Waals surface area (Å²) in [4.78, 5) is 0. The first-order valence-electron chi connectivity index (χ1n) is 10.6. The van der Waals surface area contributed by atoms with Crippen molar-refractivity contribution in [2.75, 3.05) is 24.6 Å². The lowest BCUT2D eigenvalue weighted by molar-refractivity contribution is 0.371. The van der Waals surface area contributed by atoms with Crippen molar-refractivity contribution in [2.24, 2.45) is 5.73 Å². The predicted molar refractivity (Wildman–Crippen MR) is 128 cm³/mol. The Bertz CT molecular complexity index is 1140. The number of hydrogen-bond donors (Lipinski definition) is 4. The first-order valence-corrected chi connectivity index (χ1v) is 10.6. The van der Waals surface area contributed by atoms with Gasteiger partial charge in [-0.25, -0.2) is 0 Å². The smallest absolute Gasteiger partial charge is 0.0434 e. The largest absolute Gasteiger partial charge is 0.398 e. The number of nitrogens with one attached hydrogen (secondary N) is 2. The van der Waals surface area contributed by atoms with Gasteiger partial charge in [-0.05, 0) is 78.5 Å². The molecule has 0 unspecified atom stereocenters. The van der Waals surface area contributed by atoms with Crippen molar-refractivity contribution in [1.29, 1.82) is 0 Å². The zero-order valence-electron chi connectivity index (χ0n) is 17.4. The fourth-order valence-electron chi connectivity index (χ4n) is 4.88. The maximum Gasteiger partial charge on any atom is 0.0434 e. The van der Waals surface area contributed by atoms with Crippen LogP contribution in [0.15, 0.2) is 30.3 Å². The molecule has 0 aromatic heterocycles. The molecule has 1 aliphatic carbocycles. The molecule has 152 valence electrons. The summed E-state index contributed by atoms with van der Waals surface area (Å²) in [5, 5.41) is 13.6. The van der Waals surface area contributed by atoms with E-state index in [1.54, 1.807) is 0 Å². The summed E-state index contributed by atoms with van der Waals surface area (Å²) in [7, 11) is 2.06. The van der Waals surface area contributed by atoms with Gasteiger partial charge in [-0.15, -0.1) is 0 Å². The summed E-state index contributed by atoms with van der Waals surface area (Å²) in [6.07, 6.45) is 5.44. The molecule has 3 aromatic rings. The van der Waals surface area contributed by atoms with Gasteiger partial charge in [0.25, 0.3) is 0 Å². The molecule has 4 rings (SSSR count). The third kappa shape index (κ3) is 3.47. The van der Waals surface area contributed by atoms with Crippen LogP contribution >= 0.6 is 0 Å². The summed E-state index contributed by atoms with van der Waals surface area (Å²) in [6.45, 7) is 9.44. The van der Waals surface area contributed by atoms with E-state index in [0.29, 0.717) is 18.6 Å². The zero-order chi connectivity index (χ0) is 20.5. The lowest BCUT2D eigenvalue weighted by Gasteiger charge is -2.30. The van der Waals surface area contributed by atoms with Gasteiger partial charge in [0.2, 0.25) is 0 Å². The molecule has 0 aliphatic heterocycles. The van der Waals surface area contributed by atoms with Gasteiger partial charge in [-0.3, -0.25) is 0 Å². The van der Waals surface area contributed by atoms with Crippen LogP contribution in [0.25, 0.3) is 34.7 Å². The van der Waals surface area contributed by atoms with Gasteiger partial charge in [0, 0.05) is 34.2 Å². The van der Waals surface area contributed by atoms with Gasteiger partial charge >= 0.3 is 0 Å². The Labute approximate surface area is 172 Å². The van der Waals surface area contributed by atoms with Gasteiger partial charge < -0.3 is 22.1 Å². The van der Waals surface area contributed by atoms with E-state index >= 15 is 0 Å². The van der Waals surface area contributed by atoms with Crippen molar-refractivity contribution in [3.8, 4) is 0 Å². The highest BCUT2D eigenvalue weighted by Gasteiger charge is 2.22. The first-order chi connectivity index (χ1) is 14.0. The van der Waals surface area contributed by atoms with Crippen molar-refractivity contribution in [3.05, 3.63) is 46.3 Å². The minimum absolute atomic E-state index is 0.455. The number of rotatable bonds is 5. The molecule has 0 bridgehead atoms. The number of benzene rings is 3. The third-order valence-electron chi connectivity index (χ3n) is 6.54. The molecule has 0 radical (unpaired) electrons. The fraction of sp³-hybridized carbons (Fsp3) is 0.360. The molecule has 4 heteroatoms. The lowest BCUT2D eigenvalue weighted by Crippen LogP contribution is -2.35. The topological polar surface area (TPSA) is 76.1 Å². The summed E-state index contributed by atoms with van der Waals surface area (Å²) in [5.74, 6) is 0. The van der Waals surface area contributed by atoms with E-state index < -0.39 is 0 Å². The van der Waals surface area contributed by atoms with E-state index in [2.05, 4.69) is 55.1 Å². The summed E-state index contributed by atoms with van der Waals surface area (Å²) in [6, 6.07) is 11.6. The van der Waals surface area contributed by atoms with Crippen LogP contribution in [0.2, 0.25) is 0 Å². The van der Waals surface area contributed by atoms with Crippen LogP contribution < -0.4 is 32.5 Å². The Morgan fingerprint density at radius 2 is 1.55 bits per heavy atom. The molecule has 0 spiro atoms. The van der Waals surface area contributed by atoms with Crippen molar-refractivity contribution in [2.45, 2.75) is 44.2 Å². The van der Waals surface area contributed by atoms with Crippen LogP contribution in [0.5, 0.6) is 0 Å². The van der Waals surface area contributed by atoms with E-state index in [1.165, 1.54) is 12.8 Å². The zero-order valence-corrected chi connectivity index (χ0v) is 17.4. The van der Waals surface area contributed by atoms with Crippen LogP contribution in [-0.2, 0) is 6.42 Å². The summed E-state index contributed by atoms with van der Waals surface area (Å²) < 4.78 is 0. The number of anilines is 2. The second-order valence-electron chi connectivity index (χ2n) is 8.27. The average molecular weight is 389 g/mol. The second kappa shape index (κ2) is 8.05. The molecular formula is C25H32N4. The Kier molecular flexibility index (Phi) is 5.48. The van der Waals surface area contributed by atoms with Crippen molar-refractivity contribution in [3.63, 3.8) is 0 Å². The van der Waals surface area contributed by atoms with Gasteiger partial charge in [0.1, 0.15) is 0 Å². The van der Waals surface area contributed by atoms with E-state index in [4.69, 9.17) is 11.5 Å². The second-order valence-corrected chi connectivity index (χ2v) is 8.27. The fourth-order valence-corrected chi connectivity index (χ4v) is 4.88. The summed E-state index contributed by atoms with van der Waals surface area (Å²) >= 11 is 0. The molecule has 0 saturated heterocycles. The minimum Gasteiger partial charge on any atom is -0.398 e. The number of nitrogens with two attached hydrogens (primary N) is 2. The van der Waals surface area contributed by atoms with Gasteiger partial charge in [-0.2, -0.15) is 0 Å². The molecule has 4 nitrogen and oxygen atoms in total. The van der Waals surface area contributed by atoms with E-state index in [1.807, 2.05) is 6.07 Å². The Balaban J connectivity index is 1.92. The highest BCUT2D eigenvalue weighted by Crippen LogP contribution is 2.32. The number of nitrogen functional groups attached to an aromatic ring is 1. The highest BCUT2D eigenvalue weighted by molar-refractivity contribution is 6.10. The van der Waals surface area contributed by atoms with Gasteiger partial charge in [0.15, 0.2) is 0 Å². The van der Waals surface area contributed by atoms with Crippen LogP contribution in [0.4, 0.5) is 11.4 Å². The van der Waals surface area contributed by atoms with Gasteiger partial charge in [0.05, 0.1) is 0 Å². The third-order valence-corrected chi connectivity index (χ3v) is 6.54. The molecule has 0 atom stereocenters. The molecule has 0 amide bonds. The number of fused-ring (bicyclic) bond motifs is 2. The van der Waals surface area contributed by atoms with E-state index in [0.717, 1.165) is 68.2 Å². The lowest BCUT2D eigenvalue weighted by atomic mass is 9.89. The molecule has 0 heterocycles. The first kappa shape index (κ1) is 19.7. The van der Waals surface area contributed by atoms with Crippen molar-refractivity contribution >= 4 is 46.1 Å². The quantitative estimate of drug-likeness (QED) is 0.400. The van der Waals surface area contributed by atoms with Crippen LogP contribution in [0.3, 0.4) is 0 Å². The molecule has 1 saturated carbocycles. The highest BCUT2D eigenvalue weighted by atomic mass is 14.9. The maximum absolute atomic E-state index is 6.64. The van der Waals surface area contributed by atoms with E-state index in [-0.39, 0.29) is 0 Å². The maximum atomic E-state index is 6.64. The van der Waals surface area contributed by atoms with Crippen molar-refractivity contribution < 1.29 is 0 Å². The Hall–Kier alpha value is -2.56. The molecular weight excluding hydrogens is 356 g/mol. The molecule has 1 fully saturated rings. The normalized spacial score (nSPS) is 19.7.